The molecule has 1 saturated carbocycles. The molecule has 1 aromatic carbocycles. The number of urea groups is 1. The van der Waals surface area contributed by atoms with Gasteiger partial charge in [-0.1, -0.05) is 17.7 Å². The number of halogens is 1. The predicted molar refractivity (Wildman–Crippen MR) is 89.6 cm³/mol. The van der Waals surface area contributed by atoms with Crippen LogP contribution < -0.4 is 10.6 Å². The van der Waals surface area contributed by atoms with E-state index in [0.29, 0.717) is 49.5 Å². The van der Waals surface area contributed by atoms with E-state index in [1.165, 1.54) is 0 Å². The highest BCUT2D eigenvalue weighted by molar-refractivity contribution is 6.30. The second-order valence-electron chi connectivity index (χ2n) is 6.05. The van der Waals surface area contributed by atoms with Crippen LogP contribution in [0.25, 0.3) is 0 Å². The highest BCUT2D eigenvalue weighted by Gasteiger charge is 2.26. The molecule has 1 aromatic rings. The summed E-state index contributed by atoms with van der Waals surface area (Å²) in [4.78, 5) is 27.9. The van der Waals surface area contributed by atoms with E-state index < -0.39 is 0 Å². The first kappa shape index (κ1) is 16.1. The third-order valence-corrected chi connectivity index (χ3v) is 4.28. The normalized spacial score (nSPS) is 18.6. The third kappa shape index (κ3) is 4.84. The van der Waals surface area contributed by atoms with Gasteiger partial charge in [-0.2, -0.15) is 0 Å². The average molecular weight is 337 g/mol. The SMILES string of the molecule is O=C(CN1CCN(C(=O)Nc2cccc(Cl)c2)CC1)NC1CC1. The Morgan fingerprint density at radius 3 is 2.57 bits per heavy atom. The summed E-state index contributed by atoms with van der Waals surface area (Å²) >= 11 is 5.91. The van der Waals surface area contributed by atoms with Gasteiger partial charge >= 0.3 is 6.03 Å². The van der Waals surface area contributed by atoms with Gasteiger partial charge in [0, 0.05) is 42.9 Å². The zero-order valence-corrected chi connectivity index (χ0v) is 13.7. The summed E-state index contributed by atoms with van der Waals surface area (Å²) in [5, 5.41) is 6.43. The number of amides is 3. The number of hydrogen-bond acceptors (Lipinski definition) is 3. The first-order valence-electron chi connectivity index (χ1n) is 7.93. The minimum Gasteiger partial charge on any atom is -0.352 e. The highest BCUT2D eigenvalue weighted by Crippen LogP contribution is 2.18. The third-order valence-electron chi connectivity index (χ3n) is 4.05. The number of nitrogens with zero attached hydrogens (tertiary/aromatic N) is 2. The largest absolute Gasteiger partial charge is 0.352 e. The summed E-state index contributed by atoms with van der Waals surface area (Å²) in [5.74, 6) is 0.0873. The number of nitrogens with one attached hydrogen (secondary N) is 2. The van der Waals surface area contributed by atoms with Crippen molar-refractivity contribution in [2.75, 3.05) is 38.0 Å². The Morgan fingerprint density at radius 1 is 1.17 bits per heavy atom. The van der Waals surface area contributed by atoms with Crippen LogP contribution in [-0.4, -0.2) is 60.5 Å². The number of anilines is 1. The molecule has 6 nitrogen and oxygen atoms in total. The van der Waals surface area contributed by atoms with Crippen molar-refractivity contribution in [2.45, 2.75) is 18.9 Å². The van der Waals surface area contributed by atoms with Gasteiger partial charge in [0.2, 0.25) is 5.91 Å². The number of hydrogen-bond donors (Lipinski definition) is 2. The first-order valence-corrected chi connectivity index (χ1v) is 8.31. The Balaban J connectivity index is 1.42. The first-order chi connectivity index (χ1) is 11.1. The van der Waals surface area contributed by atoms with E-state index in [9.17, 15) is 9.59 Å². The Morgan fingerprint density at radius 2 is 1.91 bits per heavy atom. The maximum Gasteiger partial charge on any atom is 0.321 e. The van der Waals surface area contributed by atoms with Gasteiger partial charge in [0.05, 0.1) is 6.54 Å². The van der Waals surface area contributed by atoms with Crippen LogP contribution in [-0.2, 0) is 4.79 Å². The van der Waals surface area contributed by atoms with Crippen LogP contribution >= 0.6 is 11.6 Å². The van der Waals surface area contributed by atoms with Crippen molar-refractivity contribution >= 4 is 29.2 Å². The highest BCUT2D eigenvalue weighted by atomic mass is 35.5. The number of carbonyl (C=O) groups is 2. The molecule has 0 radical (unpaired) electrons. The molecule has 2 aliphatic rings. The molecule has 0 aromatic heterocycles. The molecule has 2 fully saturated rings. The van der Waals surface area contributed by atoms with Gasteiger partial charge in [-0.3, -0.25) is 9.69 Å². The van der Waals surface area contributed by atoms with Crippen molar-refractivity contribution in [2.24, 2.45) is 0 Å². The number of piperazine rings is 1. The second kappa shape index (κ2) is 7.19. The second-order valence-corrected chi connectivity index (χ2v) is 6.48. The van der Waals surface area contributed by atoms with E-state index in [-0.39, 0.29) is 11.9 Å². The Kier molecular flexibility index (Phi) is 5.03. The number of carbonyl (C=O) groups excluding carboxylic acids is 2. The van der Waals surface area contributed by atoms with Crippen LogP contribution in [0.4, 0.5) is 10.5 Å². The van der Waals surface area contributed by atoms with E-state index in [2.05, 4.69) is 15.5 Å². The summed E-state index contributed by atoms with van der Waals surface area (Å²) in [7, 11) is 0. The lowest BCUT2D eigenvalue weighted by Gasteiger charge is -2.34. The van der Waals surface area contributed by atoms with Crippen LogP contribution in [0.1, 0.15) is 12.8 Å². The van der Waals surface area contributed by atoms with E-state index in [1.807, 2.05) is 6.07 Å². The summed E-state index contributed by atoms with van der Waals surface area (Å²) in [6.07, 6.45) is 2.20. The Bertz CT molecular complexity index is 583. The fraction of sp³-hybridized carbons (Fsp3) is 0.500. The molecule has 3 rings (SSSR count). The molecule has 0 atom stereocenters. The number of benzene rings is 1. The van der Waals surface area contributed by atoms with Gasteiger partial charge in [-0.05, 0) is 31.0 Å². The Labute approximate surface area is 140 Å². The van der Waals surface area contributed by atoms with Crippen molar-refractivity contribution in [1.29, 1.82) is 0 Å². The monoisotopic (exact) mass is 336 g/mol. The van der Waals surface area contributed by atoms with E-state index >= 15 is 0 Å². The molecule has 1 aliphatic carbocycles. The summed E-state index contributed by atoms with van der Waals surface area (Å²) in [6.45, 7) is 3.06. The lowest BCUT2D eigenvalue weighted by Crippen LogP contribution is -2.52. The predicted octanol–water partition coefficient (Wildman–Crippen LogP) is 1.77. The van der Waals surface area contributed by atoms with Gasteiger partial charge in [-0.25, -0.2) is 4.79 Å². The van der Waals surface area contributed by atoms with Crippen molar-refractivity contribution in [3.8, 4) is 0 Å². The maximum absolute atomic E-state index is 12.2. The summed E-state index contributed by atoms with van der Waals surface area (Å²) in [6, 6.07) is 7.36. The van der Waals surface area contributed by atoms with Crippen LogP contribution in [0.2, 0.25) is 5.02 Å². The van der Waals surface area contributed by atoms with Gasteiger partial charge in [0.15, 0.2) is 0 Å². The molecule has 3 amide bonds. The molecule has 1 heterocycles. The molecule has 124 valence electrons. The van der Waals surface area contributed by atoms with E-state index in [0.717, 1.165) is 12.8 Å². The zero-order valence-electron chi connectivity index (χ0n) is 12.9. The van der Waals surface area contributed by atoms with Crippen LogP contribution in [0.3, 0.4) is 0 Å². The van der Waals surface area contributed by atoms with E-state index in [4.69, 9.17) is 11.6 Å². The quantitative estimate of drug-likeness (QED) is 0.880. The van der Waals surface area contributed by atoms with Gasteiger partial charge in [0.25, 0.3) is 0 Å². The van der Waals surface area contributed by atoms with Gasteiger partial charge < -0.3 is 15.5 Å². The molecule has 0 unspecified atom stereocenters. The Hall–Kier alpha value is -1.79. The minimum absolute atomic E-state index is 0.0873. The van der Waals surface area contributed by atoms with Crippen molar-refractivity contribution in [3.05, 3.63) is 29.3 Å². The van der Waals surface area contributed by atoms with Crippen LogP contribution in [0.15, 0.2) is 24.3 Å². The fourth-order valence-corrected chi connectivity index (χ4v) is 2.77. The lowest BCUT2D eigenvalue weighted by atomic mass is 10.3. The van der Waals surface area contributed by atoms with Crippen molar-refractivity contribution in [1.82, 2.24) is 15.1 Å². The average Bonchev–Trinajstić information content (AvgIpc) is 3.31. The standard InChI is InChI=1S/C16H21ClN4O2/c17-12-2-1-3-14(10-12)19-16(23)21-8-6-20(7-9-21)11-15(22)18-13-4-5-13/h1-3,10,13H,4-9,11H2,(H,18,22)(H,19,23). The molecular weight excluding hydrogens is 316 g/mol. The van der Waals surface area contributed by atoms with Gasteiger partial charge in [-0.15, -0.1) is 0 Å². The molecule has 1 saturated heterocycles. The van der Waals surface area contributed by atoms with E-state index in [1.54, 1.807) is 23.1 Å². The van der Waals surface area contributed by atoms with Gasteiger partial charge in [0.1, 0.15) is 0 Å². The smallest absolute Gasteiger partial charge is 0.321 e. The lowest BCUT2D eigenvalue weighted by molar-refractivity contribution is -0.122. The molecule has 0 spiro atoms. The van der Waals surface area contributed by atoms with Crippen LogP contribution in [0.5, 0.6) is 0 Å². The zero-order chi connectivity index (χ0) is 16.2. The molecule has 2 N–H and O–H groups in total. The fourth-order valence-electron chi connectivity index (χ4n) is 2.58. The summed E-state index contributed by atoms with van der Waals surface area (Å²) in [5.41, 5.74) is 0.689. The van der Waals surface area contributed by atoms with Crippen LogP contribution in [0, 0.1) is 0 Å². The summed E-state index contributed by atoms with van der Waals surface area (Å²) < 4.78 is 0. The molecule has 0 bridgehead atoms. The molecular formula is C16H21ClN4O2. The molecule has 23 heavy (non-hydrogen) atoms. The van der Waals surface area contributed by atoms with Crippen molar-refractivity contribution in [3.63, 3.8) is 0 Å². The van der Waals surface area contributed by atoms with Crippen molar-refractivity contribution < 1.29 is 9.59 Å². The number of rotatable bonds is 4. The maximum atomic E-state index is 12.2. The minimum atomic E-state index is -0.130. The molecule has 1 aliphatic heterocycles. The topological polar surface area (TPSA) is 64.7 Å². The molecule has 7 heteroatoms.